The molecule has 4 nitrogen and oxygen atoms in total. The Balaban J connectivity index is 1.88. The van der Waals surface area contributed by atoms with Crippen LogP contribution in [0.25, 0.3) is 20.9 Å². The molecule has 0 aliphatic carbocycles. The van der Waals surface area contributed by atoms with Crippen LogP contribution in [-0.4, -0.2) is 15.9 Å². The summed E-state index contributed by atoms with van der Waals surface area (Å²) in [5.41, 5.74) is 3.82. The van der Waals surface area contributed by atoms with Crippen molar-refractivity contribution in [2.45, 2.75) is 33.1 Å². The number of rotatable bonds is 5. The van der Waals surface area contributed by atoms with E-state index in [1.807, 2.05) is 37.3 Å². The van der Waals surface area contributed by atoms with Gasteiger partial charge in [0.05, 0.1) is 0 Å². The first-order valence-corrected chi connectivity index (χ1v) is 8.61. The van der Waals surface area contributed by atoms with Gasteiger partial charge in [-0.2, -0.15) is 0 Å². The molecule has 2 aromatic heterocycles. The summed E-state index contributed by atoms with van der Waals surface area (Å²) in [6.07, 6.45) is 4.27. The van der Waals surface area contributed by atoms with E-state index in [0.717, 1.165) is 45.0 Å². The van der Waals surface area contributed by atoms with Crippen molar-refractivity contribution in [3.63, 3.8) is 0 Å². The minimum Gasteiger partial charge on any atom is -0.326 e. The predicted octanol–water partition coefficient (Wildman–Crippen LogP) is 4.80. The molecular weight excluding hydrogens is 306 g/mol. The van der Waals surface area contributed by atoms with Gasteiger partial charge in [-0.1, -0.05) is 36.8 Å². The molecule has 0 fully saturated rings. The number of fused-ring (bicyclic) bond motifs is 1. The molecule has 0 unspecified atom stereocenters. The molecule has 0 saturated heterocycles. The molecule has 118 valence electrons. The monoisotopic (exact) mass is 325 g/mol. The number of nitrogens with one attached hydrogen (secondary N) is 1. The average molecular weight is 325 g/mol. The molecule has 3 rings (SSSR count). The summed E-state index contributed by atoms with van der Waals surface area (Å²) < 4.78 is 0. The highest BCUT2D eigenvalue weighted by Crippen LogP contribution is 2.31. The summed E-state index contributed by atoms with van der Waals surface area (Å²) in [7, 11) is 0. The van der Waals surface area contributed by atoms with Gasteiger partial charge in [0.2, 0.25) is 5.91 Å². The SMILES string of the molecule is CCCCC(=O)Nc1cc(-c2nc3cccnc3s2)ccc1C. The van der Waals surface area contributed by atoms with Gasteiger partial charge in [0.25, 0.3) is 0 Å². The summed E-state index contributed by atoms with van der Waals surface area (Å²) >= 11 is 1.56. The molecule has 0 radical (unpaired) electrons. The third kappa shape index (κ3) is 3.56. The highest BCUT2D eigenvalue weighted by molar-refractivity contribution is 7.21. The Hall–Kier alpha value is -2.27. The fourth-order valence-electron chi connectivity index (χ4n) is 2.33. The van der Waals surface area contributed by atoms with Crippen molar-refractivity contribution in [2.24, 2.45) is 0 Å². The first-order valence-electron chi connectivity index (χ1n) is 7.80. The van der Waals surface area contributed by atoms with Crippen LogP contribution in [0, 0.1) is 6.92 Å². The smallest absolute Gasteiger partial charge is 0.224 e. The van der Waals surface area contributed by atoms with E-state index in [4.69, 9.17) is 0 Å². The largest absolute Gasteiger partial charge is 0.326 e. The minimum absolute atomic E-state index is 0.0677. The van der Waals surface area contributed by atoms with Gasteiger partial charge in [-0.15, -0.1) is 0 Å². The highest BCUT2D eigenvalue weighted by atomic mass is 32.1. The lowest BCUT2D eigenvalue weighted by Gasteiger charge is -2.09. The van der Waals surface area contributed by atoms with Crippen LogP contribution >= 0.6 is 11.3 Å². The maximum absolute atomic E-state index is 12.0. The van der Waals surface area contributed by atoms with Gasteiger partial charge in [0, 0.05) is 23.9 Å². The second-order valence-corrected chi connectivity index (χ2v) is 6.51. The fraction of sp³-hybridized carbons (Fsp3) is 0.278. The van der Waals surface area contributed by atoms with Crippen molar-refractivity contribution in [1.29, 1.82) is 0 Å². The Labute approximate surface area is 139 Å². The van der Waals surface area contributed by atoms with Crippen LogP contribution in [0.2, 0.25) is 0 Å². The Kier molecular flexibility index (Phi) is 4.67. The number of unbranched alkanes of at least 4 members (excludes halogenated alkanes) is 1. The Morgan fingerprint density at radius 1 is 1.30 bits per heavy atom. The van der Waals surface area contributed by atoms with Crippen molar-refractivity contribution in [3.05, 3.63) is 42.1 Å². The van der Waals surface area contributed by atoms with Crippen LogP contribution in [0.15, 0.2) is 36.5 Å². The van der Waals surface area contributed by atoms with E-state index in [1.54, 1.807) is 17.5 Å². The van der Waals surface area contributed by atoms with Gasteiger partial charge < -0.3 is 5.32 Å². The summed E-state index contributed by atoms with van der Waals surface area (Å²) in [6.45, 7) is 4.08. The molecule has 0 aliphatic rings. The van der Waals surface area contributed by atoms with Crippen LogP contribution in [0.4, 0.5) is 5.69 Å². The number of thiazole rings is 1. The van der Waals surface area contributed by atoms with Crippen LogP contribution < -0.4 is 5.32 Å². The van der Waals surface area contributed by atoms with Gasteiger partial charge in [-0.05, 0) is 37.1 Å². The first kappa shape index (κ1) is 15.6. The van der Waals surface area contributed by atoms with E-state index >= 15 is 0 Å². The van der Waals surface area contributed by atoms with Crippen LogP contribution in [0.3, 0.4) is 0 Å². The topological polar surface area (TPSA) is 54.9 Å². The van der Waals surface area contributed by atoms with Gasteiger partial charge in [-0.25, -0.2) is 9.97 Å². The number of anilines is 1. The molecule has 1 N–H and O–H groups in total. The lowest BCUT2D eigenvalue weighted by molar-refractivity contribution is -0.116. The van der Waals surface area contributed by atoms with Crippen molar-refractivity contribution in [2.75, 3.05) is 5.32 Å². The van der Waals surface area contributed by atoms with Crippen molar-refractivity contribution in [1.82, 2.24) is 9.97 Å². The molecule has 0 atom stereocenters. The zero-order chi connectivity index (χ0) is 16.2. The molecule has 1 amide bonds. The number of aromatic nitrogens is 2. The first-order chi connectivity index (χ1) is 11.2. The fourth-order valence-corrected chi connectivity index (χ4v) is 3.24. The van der Waals surface area contributed by atoms with Crippen molar-refractivity contribution < 1.29 is 4.79 Å². The van der Waals surface area contributed by atoms with Gasteiger partial charge in [0.1, 0.15) is 15.4 Å². The number of nitrogens with zero attached hydrogens (tertiary/aromatic N) is 2. The van der Waals surface area contributed by atoms with Crippen molar-refractivity contribution >= 4 is 33.3 Å². The quantitative estimate of drug-likeness (QED) is 0.733. The Morgan fingerprint density at radius 2 is 2.17 bits per heavy atom. The lowest BCUT2D eigenvalue weighted by atomic mass is 10.1. The number of hydrogen-bond donors (Lipinski definition) is 1. The van der Waals surface area contributed by atoms with Crippen LogP contribution in [0.5, 0.6) is 0 Å². The van der Waals surface area contributed by atoms with Crippen LogP contribution in [-0.2, 0) is 4.79 Å². The highest BCUT2D eigenvalue weighted by Gasteiger charge is 2.10. The van der Waals surface area contributed by atoms with E-state index in [0.29, 0.717) is 6.42 Å². The lowest BCUT2D eigenvalue weighted by Crippen LogP contribution is -2.11. The molecule has 23 heavy (non-hydrogen) atoms. The van der Waals surface area contributed by atoms with Crippen LogP contribution in [0.1, 0.15) is 31.7 Å². The van der Waals surface area contributed by atoms with Gasteiger partial charge in [0.15, 0.2) is 0 Å². The maximum atomic E-state index is 12.0. The molecule has 1 aromatic carbocycles. The minimum atomic E-state index is 0.0677. The Bertz CT molecular complexity index is 808. The molecule has 0 bridgehead atoms. The number of benzene rings is 1. The molecule has 3 aromatic rings. The van der Waals surface area contributed by atoms with E-state index in [1.165, 1.54) is 0 Å². The van der Waals surface area contributed by atoms with Gasteiger partial charge >= 0.3 is 0 Å². The molecule has 0 saturated carbocycles. The van der Waals surface area contributed by atoms with E-state index in [-0.39, 0.29) is 5.91 Å². The standard InChI is InChI=1S/C18H19N3OS/c1-3-4-7-16(22)20-15-11-13(9-8-12(15)2)17-21-14-6-5-10-19-18(14)23-17/h5-6,8-11H,3-4,7H2,1-2H3,(H,20,22). The van der Waals surface area contributed by atoms with Crippen molar-refractivity contribution in [3.8, 4) is 10.6 Å². The predicted molar refractivity (Wildman–Crippen MR) is 95.7 cm³/mol. The second-order valence-electron chi connectivity index (χ2n) is 5.53. The molecule has 0 aliphatic heterocycles. The van der Waals surface area contributed by atoms with Gasteiger partial charge in [-0.3, -0.25) is 4.79 Å². The number of carbonyl (C=O) groups excluding carboxylic acids is 1. The van der Waals surface area contributed by atoms with E-state index in [2.05, 4.69) is 22.2 Å². The molecule has 0 spiro atoms. The number of aryl methyl sites for hydroxylation is 1. The number of carbonyl (C=O) groups is 1. The maximum Gasteiger partial charge on any atom is 0.224 e. The van der Waals surface area contributed by atoms with E-state index < -0.39 is 0 Å². The molecular formula is C18H19N3OS. The molecule has 2 heterocycles. The summed E-state index contributed by atoms with van der Waals surface area (Å²) in [5, 5.41) is 3.93. The Morgan fingerprint density at radius 3 is 2.96 bits per heavy atom. The summed E-state index contributed by atoms with van der Waals surface area (Å²) in [4.78, 5) is 21.9. The van der Waals surface area contributed by atoms with E-state index in [9.17, 15) is 4.79 Å². The number of pyridine rings is 1. The normalized spacial score (nSPS) is 10.9. The second kappa shape index (κ2) is 6.87. The summed E-state index contributed by atoms with van der Waals surface area (Å²) in [6, 6.07) is 9.90. The zero-order valence-corrected chi connectivity index (χ0v) is 14.1. The zero-order valence-electron chi connectivity index (χ0n) is 13.3. The number of hydrogen-bond acceptors (Lipinski definition) is 4. The number of amides is 1. The molecule has 5 heteroatoms. The third-order valence-electron chi connectivity index (χ3n) is 3.68. The third-order valence-corrected chi connectivity index (χ3v) is 4.71. The summed E-state index contributed by atoms with van der Waals surface area (Å²) in [5.74, 6) is 0.0677. The average Bonchev–Trinajstić information content (AvgIpc) is 2.99.